The summed E-state index contributed by atoms with van der Waals surface area (Å²) >= 11 is 1.12. The second kappa shape index (κ2) is 12.7. The van der Waals surface area contributed by atoms with Gasteiger partial charge in [-0.05, 0) is 78.6 Å². The van der Waals surface area contributed by atoms with Crippen molar-refractivity contribution >= 4 is 45.0 Å². The van der Waals surface area contributed by atoms with Crippen LogP contribution < -0.4 is 10.0 Å². The van der Waals surface area contributed by atoms with Gasteiger partial charge in [0.25, 0.3) is 21.8 Å². The minimum atomic E-state index is -3.91. The molecule has 1 aliphatic rings. The zero-order chi connectivity index (χ0) is 28.9. The minimum absolute atomic E-state index is 0.0710. The predicted octanol–water partition coefficient (Wildman–Crippen LogP) is 5.57. The van der Waals surface area contributed by atoms with Crippen LogP contribution in [0.5, 0.6) is 0 Å². The SMILES string of the molecule is COCCCN1C(=O)C(Nc2ccc(C(C)C)cc2)=C(Sc2ccc(NS(=O)(=O)c3ccc(F)cc3)cc2)C1=O. The third-order valence-electron chi connectivity index (χ3n) is 6.15. The number of nitrogens with one attached hydrogen (secondary N) is 2. The van der Waals surface area contributed by atoms with Gasteiger partial charge in [-0.15, -0.1) is 0 Å². The summed E-state index contributed by atoms with van der Waals surface area (Å²) in [6.07, 6.45) is 0.505. The summed E-state index contributed by atoms with van der Waals surface area (Å²) in [4.78, 5) is 28.6. The van der Waals surface area contributed by atoms with E-state index in [9.17, 15) is 22.4 Å². The molecule has 0 fully saturated rings. The van der Waals surface area contributed by atoms with Crippen LogP contribution in [0.2, 0.25) is 0 Å². The Kier molecular flexibility index (Phi) is 9.28. The zero-order valence-corrected chi connectivity index (χ0v) is 23.9. The Morgan fingerprint density at radius 1 is 0.900 bits per heavy atom. The molecule has 3 aromatic rings. The number of ether oxygens (including phenoxy) is 1. The van der Waals surface area contributed by atoms with Crippen LogP contribution in [0.15, 0.2) is 93.2 Å². The van der Waals surface area contributed by atoms with Crippen molar-refractivity contribution in [1.29, 1.82) is 0 Å². The minimum Gasteiger partial charge on any atom is -0.385 e. The van der Waals surface area contributed by atoms with E-state index in [1.807, 2.05) is 24.3 Å². The van der Waals surface area contributed by atoms with Gasteiger partial charge in [-0.25, -0.2) is 12.8 Å². The molecule has 8 nitrogen and oxygen atoms in total. The average Bonchev–Trinajstić information content (AvgIpc) is 3.14. The van der Waals surface area contributed by atoms with Crippen LogP contribution in [-0.2, 0) is 24.3 Å². The van der Waals surface area contributed by atoms with Gasteiger partial charge < -0.3 is 10.1 Å². The van der Waals surface area contributed by atoms with E-state index in [-0.39, 0.29) is 22.0 Å². The Morgan fingerprint density at radius 2 is 1.52 bits per heavy atom. The van der Waals surface area contributed by atoms with Gasteiger partial charge in [-0.3, -0.25) is 19.2 Å². The summed E-state index contributed by atoms with van der Waals surface area (Å²) in [6.45, 7) is 4.82. The van der Waals surface area contributed by atoms with Crippen molar-refractivity contribution in [2.45, 2.75) is 36.0 Å². The number of methoxy groups -OCH3 is 1. The van der Waals surface area contributed by atoms with Gasteiger partial charge in [0.15, 0.2) is 0 Å². The lowest BCUT2D eigenvalue weighted by Crippen LogP contribution is -2.33. The molecule has 11 heteroatoms. The van der Waals surface area contributed by atoms with E-state index < -0.39 is 27.7 Å². The van der Waals surface area contributed by atoms with Crippen molar-refractivity contribution in [3.05, 3.63) is 94.8 Å². The molecule has 0 spiro atoms. The molecule has 4 rings (SSSR count). The Bertz CT molecular complexity index is 1500. The van der Waals surface area contributed by atoms with Gasteiger partial charge >= 0.3 is 0 Å². The molecule has 0 saturated carbocycles. The van der Waals surface area contributed by atoms with E-state index in [2.05, 4.69) is 23.9 Å². The highest BCUT2D eigenvalue weighted by Crippen LogP contribution is 2.36. The normalized spacial score (nSPS) is 13.9. The maximum absolute atomic E-state index is 13.3. The van der Waals surface area contributed by atoms with Gasteiger partial charge in [-0.2, -0.15) is 0 Å². The Balaban J connectivity index is 1.55. The highest BCUT2D eigenvalue weighted by molar-refractivity contribution is 8.04. The number of imide groups is 1. The van der Waals surface area contributed by atoms with Crippen LogP contribution in [0.4, 0.5) is 15.8 Å². The number of benzene rings is 3. The topological polar surface area (TPSA) is 105 Å². The van der Waals surface area contributed by atoms with Crippen molar-refractivity contribution in [3.8, 4) is 0 Å². The maximum atomic E-state index is 13.3. The molecule has 0 atom stereocenters. The molecule has 40 heavy (non-hydrogen) atoms. The van der Waals surface area contributed by atoms with Crippen molar-refractivity contribution in [2.24, 2.45) is 0 Å². The molecule has 2 N–H and O–H groups in total. The van der Waals surface area contributed by atoms with Gasteiger partial charge in [-0.1, -0.05) is 37.7 Å². The van der Waals surface area contributed by atoms with Crippen molar-refractivity contribution in [1.82, 2.24) is 4.90 Å². The molecule has 0 bridgehead atoms. The van der Waals surface area contributed by atoms with Crippen LogP contribution in [0.25, 0.3) is 0 Å². The fraction of sp³-hybridized carbons (Fsp3) is 0.241. The average molecular weight is 584 g/mol. The first-order valence-electron chi connectivity index (χ1n) is 12.6. The molecule has 3 aromatic carbocycles. The van der Waals surface area contributed by atoms with Gasteiger partial charge in [0.1, 0.15) is 16.4 Å². The number of carbonyl (C=O) groups excluding carboxylic acids is 2. The fourth-order valence-electron chi connectivity index (χ4n) is 3.96. The summed E-state index contributed by atoms with van der Waals surface area (Å²) in [5, 5.41) is 3.14. The number of sulfonamides is 1. The summed E-state index contributed by atoms with van der Waals surface area (Å²) in [5.74, 6) is -1.00. The Morgan fingerprint density at radius 3 is 2.12 bits per heavy atom. The van der Waals surface area contributed by atoms with Crippen LogP contribution in [0.1, 0.15) is 31.7 Å². The third-order valence-corrected chi connectivity index (χ3v) is 8.64. The van der Waals surface area contributed by atoms with Crippen LogP contribution in [0, 0.1) is 5.82 Å². The largest absolute Gasteiger partial charge is 0.385 e. The van der Waals surface area contributed by atoms with Gasteiger partial charge in [0, 0.05) is 36.5 Å². The number of hydrogen-bond donors (Lipinski definition) is 2. The molecule has 0 unspecified atom stereocenters. The number of anilines is 2. The molecule has 210 valence electrons. The number of thioether (sulfide) groups is 1. The first-order chi connectivity index (χ1) is 19.1. The van der Waals surface area contributed by atoms with E-state index in [1.165, 1.54) is 17.0 Å². The Hall–Kier alpha value is -3.67. The number of hydrogen-bond acceptors (Lipinski definition) is 7. The van der Waals surface area contributed by atoms with E-state index >= 15 is 0 Å². The summed E-state index contributed by atoms with van der Waals surface area (Å²) < 4.78 is 46.0. The second-order valence-corrected chi connectivity index (χ2v) is 12.2. The lowest BCUT2D eigenvalue weighted by molar-refractivity contribution is -0.137. The first kappa shape index (κ1) is 29.3. The monoisotopic (exact) mass is 583 g/mol. The smallest absolute Gasteiger partial charge is 0.278 e. The first-order valence-corrected chi connectivity index (χ1v) is 14.9. The van der Waals surface area contributed by atoms with E-state index in [1.54, 1.807) is 31.4 Å². The molecule has 1 aliphatic heterocycles. The number of carbonyl (C=O) groups is 2. The second-order valence-electron chi connectivity index (χ2n) is 9.40. The standard InChI is InChI=1S/C29H30FN3O5S2/c1-19(2)20-5-9-22(10-6-20)31-26-27(29(35)33(28(26)34)17-4-18-38-3)39-24-13-11-23(12-14-24)32-40(36,37)25-15-7-21(30)8-16-25/h5-16,19,31-32H,4,17-18H2,1-3H3. The van der Waals surface area contributed by atoms with E-state index in [0.717, 1.165) is 29.5 Å². The molecule has 2 amide bonds. The highest BCUT2D eigenvalue weighted by Gasteiger charge is 2.38. The maximum Gasteiger partial charge on any atom is 0.278 e. The van der Waals surface area contributed by atoms with Crippen molar-refractivity contribution in [2.75, 3.05) is 30.3 Å². The molecule has 0 radical (unpaired) electrons. The lowest BCUT2D eigenvalue weighted by atomic mass is 10.0. The zero-order valence-electron chi connectivity index (χ0n) is 22.3. The van der Waals surface area contributed by atoms with Crippen molar-refractivity contribution in [3.63, 3.8) is 0 Å². The summed E-state index contributed by atoms with van der Waals surface area (Å²) in [6, 6.07) is 18.6. The Labute approximate surface area is 237 Å². The van der Waals surface area contributed by atoms with Crippen LogP contribution >= 0.6 is 11.8 Å². The van der Waals surface area contributed by atoms with Crippen LogP contribution in [0.3, 0.4) is 0 Å². The van der Waals surface area contributed by atoms with E-state index in [4.69, 9.17) is 4.74 Å². The van der Waals surface area contributed by atoms with Gasteiger partial charge in [0.2, 0.25) is 0 Å². The highest BCUT2D eigenvalue weighted by atomic mass is 32.2. The molecule has 0 aromatic heterocycles. The molecular weight excluding hydrogens is 553 g/mol. The van der Waals surface area contributed by atoms with Crippen molar-refractivity contribution < 1.29 is 27.1 Å². The van der Waals surface area contributed by atoms with Crippen LogP contribution in [-0.4, -0.2) is 45.4 Å². The summed E-state index contributed by atoms with van der Waals surface area (Å²) in [7, 11) is -2.35. The molecule has 0 aliphatic carbocycles. The summed E-state index contributed by atoms with van der Waals surface area (Å²) in [5.41, 5.74) is 2.31. The number of nitrogens with zero attached hydrogens (tertiary/aromatic N) is 1. The molecular formula is C29H30FN3O5S2. The third kappa shape index (κ3) is 6.90. The predicted molar refractivity (Wildman–Crippen MR) is 154 cm³/mol. The van der Waals surface area contributed by atoms with E-state index in [0.29, 0.717) is 35.2 Å². The van der Waals surface area contributed by atoms with Gasteiger partial charge in [0.05, 0.1) is 4.90 Å². The number of amides is 2. The lowest BCUT2D eigenvalue weighted by Gasteiger charge is -2.15. The molecule has 1 heterocycles. The number of halogens is 1. The molecule has 0 saturated heterocycles. The number of rotatable bonds is 12. The fourth-order valence-corrected chi connectivity index (χ4v) is 5.97. The quantitative estimate of drug-likeness (QED) is 0.212.